The Morgan fingerprint density at radius 1 is 1.10 bits per heavy atom. The van der Waals surface area contributed by atoms with Crippen molar-refractivity contribution in [3.63, 3.8) is 0 Å². The van der Waals surface area contributed by atoms with E-state index in [0.29, 0.717) is 17.0 Å². The first-order valence-electron chi connectivity index (χ1n) is 6.28. The molecule has 5 nitrogen and oxygen atoms in total. The molecular weight excluding hydrogens is 288 g/mol. The van der Waals surface area contributed by atoms with Crippen molar-refractivity contribution in [2.24, 2.45) is 0 Å². The summed E-state index contributed by atoms with van der Waals surface area (Å²) in [5.41, 5.74) is 6.65. The van der Waals surface area contributed by atoms with Gasteiger partial charge >= 0.3 is 0 Å². The quantitative estimate of drug-likeness (QED) is 0.754. The molecule has 1 aromatic heterocycles. The van der Waals surface area contributed by atoms with E-state index in [1.54, 1.807) is 37.4 Å². The Kier molecular flexibility index (Phi) is 3.10. The molecule has 0 spiro atoms. The summed E-state index contributed by atoms with van der Waals surface area (Å²) in [5.74, 6) is 0.602. The molecule has 0 radical (unpaired) electrons. The smallest absolute Gasteiger partial charge is 0.268 e. The highest BCUT2D eigenvalue weighted by Crippen LogP contribution is 2.26. The van der Waals surface area contributed by atoms with E-state index >= 15 is 0 Å². The molecule has 0 atom stereocenters. The molecule has 0 amide bonds. The van der Waals surface area contributed by atoms with Crippen molar-refractivity contribution in [3.8, 4) is 5.75 Å². The number of nitrogen functional groups attached to an aromatic ring is 1. The second kappa shape index (κ2) is 4.82. The van der Waals surface area contributed by atoms with Crippen LogP contribution in [-0.4, -0.2) is 19.5 Å². The van der Waals surface area contributed by atoms with Gasteiger partial charge in [-0.3, -0.25) is 0 Å². The molecule has 0 aliphatic rings. The lowest BCUT2D eigenvalue weighted by Gasteiger charge is -2.09. The summed E-state index contributed by atoms with van der Waals surface area (Å²) >= 11 is 0. The van der Waals surface area contributed by atoms with Crippen LogP contribution in [0.4, 0.5) is 5.69 Å². The van der Waals surface area contributed by atoms with E-state index in [4.69, 9.17) is 10.5 Å². The van der Waals surface area contributed by atoms with Crippen molar-refractivity contribution in [2.75, 3.05) is 12.8 Å². The SMILES string of the molecule is COc1ccc2ccn(S(=O)(=O)c3cccc(N)c3)c2c1. The van der Waals surface area contributed by atoms with E-state index < -0.39 is 10.0 Å². The molecule has 0 unspecified atom stereocenters. The monoisotopic (exact) mass is 302 g/mol. The maximum atomic E-state index is 12.7. The number of anilines is 1. The summed E-state index contributed by atoms with van der Waals surface area (Å²) in [7, 11) is -2.15. The van der Waals surface area contributed by atoms with Gasteiger partial charge in [0.25, 0.3) is 10.0 Å². The number of aromatic nitrogens is 1. The number of hydrogen-bond donors (Lipinski definition) is 1. The standard InChI is InChI=1S/C15H14N2O3S/c1-20-13-6-5-11-7-8-17(15(11)10-13)21(18,19)14-4-2-3-12(16)9-14/h2-10H,16H2,1H3. The third-order valence-electron chi connectivity index (χ3n) is 3.28. The van der Waals surface area contributed by atoms with E-state index in [1.165, 1.54) is 22.3 Å². The largest absolute Gasteiger partial charge is 0.497 e. The van der Waals surface area contributed by atoms with E-state index in [1.807, 2.05) is 6.07 Å². The van der Waals surface area contributed by atoms with Crippen molar-refractivity contribution in [3.05, 3.63) is 54.7 Å². The number of methoxy groups -OCH3 is 1. The molecule has 0 aliphatic heterocycles. The highest BCUT2D eigenvalue weighted by Gasteiger charge is 2.19. The second-order valence-electron chi connectivity index (χ2n) is 4.61. The second-order valence-corrected chi connectivity index (χ2v) is 6.43. The third kappa shape index (κ3) is 2.23. The number of nitrogens with zero attached hydrogens (tertiary/aromatic N) is 1. The van der Waals surface area contributed by atoms with Gasteiger partial charge in [0.15, 0.2) is 0 Å². The van der Waals surface area contributed by atoms with E-state index in [9.17, 15) is 8.42 Å². The number of hydrogen-bond acceptors (Lipinski definition) is 4. The van der Waals surface area contributed by atoms with Crippen LogP contribution in [-0.2, 0) is 10.0 Å². The van der Waals surface area contributed by atoms with Crippen molar-refractivity contribution in [1.82, 2.24) is 3.97 Å². The predicted molar refractivity (Wildman–Crippen MR) is 81.9 cm³/mol. The van der Waals surface area contributed by atoms with Gasteiger partial charge in [-0.05, 0) is 36.4 Å². The van der Waals surface area contributed by atoms with Crippen molar-refractivity contribution < 1.29 is 13.2 Å². The Morgan fingerprint density at radius 2 is 1.90 bits per heavy atom. The van der Waals surface area contributed by atoms with Gasteiger partial charge in [-0.2, -0.15) is 0 Å². The van der Waals surface area contributed by atoms with Crippen molar-refractivity contribution >= 4 is 26.6 Å². The van der Waals surface area contributed by atoms with Crippen molar-refractivity contribution in [1.29, 1.82) is 0 Å². The van der Waals surface area contributed by atoms with Gasteiger partial charge in [0.1, 0.15) is 5.75 Å². The molecule has 0 fully saturated rings. The van der Waals surface area contributed by atoms with Crippen LogP contribution < -0.4 is 10.5 Å². The Hall–Kier alpha value is -2.47. The molecule has 3 aromatic rings. The number of nitrogens with two attached hydrogens (primary N) is 1. The zero-order valence-corrected chi connectivity index (χ0v) is 12.2. The maximum absolute atomic E-state index is 12.7. The first kappa shape index (κ1) is 13.5. The lowest BCUT2D eigenvalue weighted by Crippen LogP contribution is -2.12. The summed E-state index contributed by atoms with van der Waals surface area (Å²) in [5, 5.41) is 0.822. The molecule has 2 N–H and O–H groups in total. The molecular formula is C15H14N2O3S. The summed E-state index contributed by atoms with van der Waals surface area (Å²) in [6.45, 7) is 0. The van der Waals surface area contributed by atoms with Crippen LogP contribution in [0.25, 0.3) is 10.9 Å². The van der Waals surface area contributed by atoms with E-state index in [2.05, 4.69) is 0 Å². The van der Waals surface area contributed by atoms with Gasteiger partial charge in [0.05, 0.1) is 17.5 Å². The molecule has 3 rings (SSSR count). The first-order chi connectivity index (χ1) is 10.0. The van der Waals surface area contributed by atoms with Gasteiger partial charge in [-0.1, -0.05) is 6.07 Å². The molecule has 0 saturated carbocycles. The molecule has 108 valence electrons. The lowest BCUT2D eigenvalue weighted by molar-refractivity contribution is 0.415. The molecule has 0 aliphatic carbocycles. The van der Waals surface area contributed by atoms with E-state index in [0.717, 1.165) is 5.39 Å². The topological polar surface area (TPSA) is 74.3 Å². The molecule has 0 saturated heterocycles. The summed E-state index contributed by atoms with van der Waals surface area (Å²) in [6, 6.07) is 13.3. The fraction of sp³-hybridized carbons (Fsp3) is 0.0667. The average Bonchev–Trinajstić information content (AvgIpc) is 2.90. The van der Waals surface area contributed by atoms with Crippen LogP contribution in [0.15, 0.2) is 59.6 Å². The third-order valence-corrected chi connectivity index (χ3v) is 4.97. The van der Waals surface area contributed by atoms with Gasteiger partial charge < -0.3 is 10.5 Å². The van der Waals surface area contributed by atoms with Gasteiger partial charge in [0.2, 0.25) is 0 Å². The zero-order valence-electron chi connectivity index (χ0n) is 11.4. The van der Waals surface area contributed by atoms with Crippen LogP contribution >= 0.6 is 0 Å². The Bertz CT molecular complexity index is 914. The van der Waals surface area contributed by atoms with Crippen LogP contribution in [0.5, 0.6) is 5.75 Å². The van der Waals surface area contributed by atoms with E-state index in [-0.39, 0.29) is 4.90 Å². The minimum atomic E-state index is -3.69. The molecule has 2 aromatic carbocycles. The number of ether oxygens (including phenoxy) is 1. The summed E-state index contributed by atoms with van der Waals surface area (Å²) in [6.07, 6.45) is 1.53. The van der Waals surface area contributed by atoms with Crippen LogP contribution in [0.2, 0.25) is 0 Å². The maximum Gasteiger partial charge on any atom is 0.268 e. The van der Waals surface area contributed by atoms with Crippen LogP contribution in [0.3, 0.4) is 0 Å². The fourth-order valence-corrected chi connectivity index (χ4v) is 3.61. The molecule has 21 heavy (non-hydrogen) atoms. The lowest BCUT2D eigenvalue weighted by atomic mass is 10.2. The molecule has 6 heteroatoms. The normalized spacial score (nSPS) is 11.7. The Balaban J connectivity index is 2.24. The van der Waals surface area contributed by atoms with Crippen LogP contribution in [0.1, 0.15) is 0 Å². The number of fused-ring (bicyclic) bond motifs is 1. The van der Waals surface area contributed by atoms with Crippen LogP contribution in [0, 0.1) is 0 Å². The first-order valence-corrected chi connectivity index (χ1v) is 7.72. The zero-order chi connectivity index (χ0) is 15.0. The summed E-state index contributed by atoms with van der Waals surface area (Å²) < 4.78 is 31.8. The number of benzene rings is 2. The van der Waals surface area contributed by atoms with Gasteiger partial charge in [-0.15, -0.1) is 0 Å². The summed E-state index contributed by atoms with van der Waals surface area (Å²) in [4.78, 5) is 0.155. The minimum Gasteiger partial charge on any atom is -0.497 e. The molecule has 0 bridgehead atoms. The Morgan fingerprint density at radius 3 is 2.62 bits per heavy atom. The fourth-order valence-electron chi connectivity index (χ4n) is 2.21. The Labute approximate surface area is 122 Å². The number of rotatable bonds is 3. The van der Waals surface area contributed by atoms with Gasteiger partial charge in [-0.25, -0.2) is 12.4 Å². The van der Waals surface area contributed by atoms with Crippen molar-refractivity contribution in [2.45, 2.75) is 4.90 Å². The molecule has 1 heterocycles. The van der Waals surface area contributed by atoms with Gasteiger partial charge in [0, 0.05) is 23.3 Å². The highest BCUT2D eigenvalue weighted by atomic mass is 32.2. The predicted octanol–water partition coefficient (Wildman–Crippen LogP) is 2.47. The average molecular weight is 302 g/mol. The minimum absolute atomic E-state index is 0.155. The highest BCUT2D eigenvalue weighted by molar-refractivity contribution is 7.90.